The minimum absolute atomic E-state index is 0.681. The SMILES string of the molecule is c1ccc(-c2ccc(N(c3ccccc3)c3ccc4c(c3)oc3cccc(-c5nc(-c6cccc7ccccc67)c6sc7ccccc7c6n5)c34)cc2)cc1. The lowest BCUT2D eigenvalue weighted by Gasteiger charge is -2.25. The molecule has 3 heterocycles. The zero-order valence-electron chi connectivity index (χ0n) is 29.6. The van der Waals surface area contributed by atoms with Crippen molar-refractivity contribution in [3.05, 3.63) is 188 Å². The molecule has 0 bridgehead atoms. The zero-order valence-corrected chi connectivity index (χ0v) is 30.4. The molecule has 11 rings (SSSR count). The van der Waals surface area contributed by atoms with Crippen molar-refractivity contribution in [1.82, 2.24) is 9.97 Å². The molecule has 11 aromatic rings. The fourth-order valence-corrected chi connectivity index (χ4v) is 9.07. The van der Waals surface area contributed by atoms with Crippen LogP contribution in [-0.4, -0.2) is 9.97 Å². The van der Waals surface area contributed by atoms with Crippen LogP contribution in [0.4, 0.5) is 17.1 Å². The molecule has 258 valence electrons. The van der Waals surface area contributed by atoms with E-state index in [1.54, 1.807) is 11.3 Å². The van der Waals surface area contributed by atoms with Crippen molar-refractivity contribution in [2.45, 2.75) is 0 Å². The van der Waals surface area contributed by atoms with Crippen molar-refractivity contribution < 1.29 is 4.42 Å². The highest BCUT2D eigenvalue weighted by Gasteiger charge is 2.22. The number of hydrogen-bond donors (Lipinski definition) is 0. The Morgan fingerprint density at radius 3 is 1.96 bits per heavy atom. The lowest BCUT2D eigenvalue weighted by molar-refractivity contribution is 0.669. The molecule has 0 amide bonds. The van der Waals surface area contributed by atoms with Gasteiger partial charge in [-0.25, -0.2) is 9.97 Å². The Kier molecular flexibility index (Phi) is 7.32. The van der Waals surface area contributed by atoms with Gasteiger partial charge in [0.05, 0.1) is 15.9 Å². The predicted molar refractivity (Wildman–Crippen MR) is 231 cm³/mol. The number of nitrogens with zero attached hydrogens (tertiary/aromatic N) is 3. The summed E-state index contributed by atoms with van der Waals surface area (Å²) in [5.74, 6) is 0.681. The van der Waals surface area contributed by atoms with Crippen LogP contribution in [0.2, 0.25) is 0 Å². The molecule has 0 aliphatic rings. The van der Waals surface area contributed by atoms with Gasteiger partial charge in [-0.05, 0) is 70.4 Å². The van der Waals surface area contributed by atoms with Crippen LogP contribution in [-0.2, 0) is 0 Å². The van der Waals surface area contributed by atoms with E-state index >= 15 is 0 Å². The lowest BCUT2D eigenvalue weighted by atomic mass is 10.0. The molecule has 0 aliphatic heterocycles. The van der Waals surface area contributed by atoms with Crippen molar-refractivity contribution in [1.29, 1.82) is 0 Å². The molecule has 0 aliphatic carbocycles. The lowest BCUT2D eigenvalue weighted by Crippen LogP contribution is -2.09. The fraction of sp³-hybridized carbons (Fsp3) is 0. The third kappa shape index (κ3) is 5.28. The van der Waals surface area contributed by atoms with E-state index in [4.69, 9.17) is 14.4 Å². The zero-order chi connectivity index (χ0) is 36.3. The maximum Gasteiger partial charge on any atom is 0.161 e. The van der Waals surface area contributed by atoms with E-state index in [-0.39, 0.29) is 0 Å². The highest BCUT2D eigenvalue weighted by molar-refractivity contribution is 7.26. The van der Waals surface area contributed by atoms with Crippen LogP contribution in [0.15, 0.2) is 192 Å². The first-order chi connectivity index (χ1) is 27.3. The third-order valence-electron chi connectivity index (χ3n) is 10.5. The Morgan fingerprint density at radius 2 is 1.11 bits per heavy atom. The average molecular weight is 722 g/mol. The van der Waals surface area contributed by atoms with Crippen molar-refractivity contribution in [2.75, 3.05) is 4.90 Å². The molecule has 0 N–H and O–H groups in total. The number of rotatable bonds is 6. The minimum atomic E-state index is 0.681. The molecule has 4 nitrogen and oxygen atoms in total. The number of aromatic nitrogens is 2. The van der Waals surface area contributed by atoms with Gasteiger partial charge in [-0.2, -0.15) is 0 Å². The molecule has 0 spiro atoms. The van der Waals surface area contributed by atoms with Gasteiger partial charge in [0.15, 0.2) is 5.82 Å². The largest absolute Gasteiger partial charge is 0.456 e. The summed E-state index contributed by atoms with van der Waals surface area (Å²) in [6, 6.07) is 66.0. The van der Waals surface area contributed by atoms with E-state index in [0.29, 0.717) is 5.82 Å². The molecule has 55 heavy (non-hydrogen) atoms. The molecule has 0 unspecified atom stereocenters. The Labute approximate surface area is 321 Å². The van der Waals surface area contributed by atoms with E-state index in [2.05, 4.69) is 169 Å². The van der Waals surface area contributed by atoms with Crippen molar-refractivity contribution >= 4 is 81.4 Å². The van der Waals surface area contributed by atoms with Crippen LogP contribution in [0, 0.1) is 0 Å². The van der Waals surface area contributed by atoms with Crippen LogP contribution in [0.5, 0.6) is 0 Å². The Bertz CT molecular complexity index is 3200. The number of hydrogen-bond acceptors (Lipinski definition) is 5. The van der Waals surface area contributed by atoms with Gasteiger partial charge in [0.2, 0.25) is 0 Å². The van der Waals surface area contributed by atoms with Crippen LogP contribution in [0.25, 0.3) is 86.8 Å². The van der Waals surface area contributed by atoms with Gasteiger partial charge in [-0.15, -0.1) is 11.3 Å². The normalized spacial score (nSPS) is 11.6. The molecular weight excluding hydrogens is 691 g/mol. The number of furan rings is 1. The molecule has 5 heteroatoms. The van der Waals surface area contributed by atoms with Gasteiger partial charge in [-0.3, -0.25) is 0 Å². The maximum atomic E-state index is 6.69. The Morgan fingerprint density at radius 1 is 0.455 bits per heavy atom. The van der Waals surface area contributed by atoms with Gasteiger partial charge in [0.25, 0.3) is 0 Å². The van der Waals surface area contributed by atoms with Crippen LogP contribution < -0.4 is 4.90 Å². The average Bonchev–Trinajstić information content (AvgIpc) is 3.82. The summed E-state index contributed by atoms with van der Waals surface area (Å²) >= 11 is 1.76. The monoisotopic (exact) mass is 721 g/mol. The van der Waals surface area contributed by atoms with Gasteiger partial charge in [0.1, 0.15) is 11.2 Å². The van der Waals surface area contributed by atoms with Crippen molar-refractivity contribution in [2.24, 2.45) is 0 Å². The second kappa shape index (κ2) is 12.8. The van der Waals surface area contributed by atoms with E-state index in [1.807, 2.05) is 24.3 Å². The van der Waals surface area contributed by atoms with Crippen molar-refractivity contribution in [3.63, 3.8) is 0 Å². The molecule has 0 saturated heterocycles. The summed E-state index contributed by atoms with van der Waals surface area (Å²) in [5.41, 5.74) is 11.1. The summed E-state index contributed by atoms with van der Waals surface area (Å²) in [5, 5.41) is 5.52. The Balaban J connectivity index is 1.09. The van der Waals surface area contributed by atoms with Gasteiger partial charge < -0.3 is 9.32 Å². The summed E-state index contributed by atoms with van der Waals surface area (Å²) in [6.07, 6.45) is 0. The topological polar surface area (TPSA) is 42.2 Å². The predicted octanol–water partition coefficient (Wildman–Crippen LogP) is 14.4. The first-order valence-corrected chi connectivity index (χ1v) is 19.2. The molecule has 0 fully saturated rings. The number of para-hydroxylation sites is 1. The van der Waals surface area contributed by atoms with Crippen LogP contribution in [0.3, 0.4) is 0 Å². The van der Waals surface area contributed by atoms with E-state index in [1.165, 1.54) is 26.6 Å². The number of thiophene rings is 1. The Hall–Kier alpha value is -7.08. The summed E-state index contributed by atoms with van der Waals surface area (Å²) in [4.78, 5) is 13.0. The fourth-order valence-electron chi connectivity index (χ4n) is 7.92. The van der Waals surface area contributed by atoms with E-state index < -0.39 is 0 Å². The summed E-state index contributed by atoms with van der Waals surface area (Å²) in [6.45, 7) is 0. The van der Waals surface area contributed by atoms with Crippen molar-refractivity contribution in [3.8, 4) is 33.8 Å². The van der Waals surface area contributed by atoms with Gasteiger partial charge in [0, 0.05) is 55.1 Å². The summed E-state index contributed by atoms with van der Waals surface area (Å²) in [7, 11) is 0. The van der Waals surface area contributed by atoms with Gasteiger partial charge >= 0.3 is 0 Å². The minimum Gasteiger partial charge on any atom is -0.456 e. The second-order valence-electron chi connectivity index (χ2n) is 13.7. The standard InChI is InChI=1S/C50H31N3OS/c1-3-13-32(14-4-1)33-25-27-36(28-26-33)53(35-17-5-2-6-18-35)37-29-30-40-44(31-37)54-43-23-12-22-42(46(40)43)50-51-47(39-21-11-16-34-15-7-8-19-38(34)39)49-48(52-50)41-20-9-10-24-45(41)55-49/h1-31H. The third-order valence-corrected chi connectivity index (χ3v) is 11.7. The van der Waals surface area contributed by atoms with Gasteiger partial charge in [-0.1, -0.05) is 133 Å². The number of fused-ring (bicyclic) bond motifs is 7. The quantitative estimate of drug-likeness (QED) is 0.171. The smallest absolute Gasteiger partial charge is 0.161 e. The first kappa shape index (κ1) is 31.4. The van der Waals surface area contributed by atoms with E-state index in [0.717, 1.165) is 71.4 Å². The highest BCUT2D eigenvalue weighted by Crippen LogP contribution is 2.44. The molecule has 0 saturated carbocycles. The first-order valence-electron chi connectivity index (χ1n) is 18.4. The molecule has 8 aromatic carbocycles. The molecule has 3 aromatic heterocycles. The number of benzene rings is 8. The van der Waals surface area contributed by atoms with Crippen LogP contribution >= 0.6 is 11.3 Å². The van der Waals surface area contributed by atoms with Crippen LogP contribution in [0.1, 0.15) is 0 Å². The van der Waals surface area contributed by atoms with E-state index in [9.17, 15) is 0 Å². The molecule has 0 radical (unpaired) electrons. The molecule has 0 atom stereocenters. The highest BCUT2D eigenvalue weighted by atomic mass is 32.1. The maximum absolute atomic E-state index is 6.69. The molecular formula is C50H31N3OS. The second-order valence-corrected chi connectivity index (χ2v) is 14.8. The number of anilines is 3. The summed E-state index contributed by atoms with van der Waals surface area (Å²) < 4.78 is 8.98.